The van der Waals surface area contributed by atoms with Gasteiger partial charge in [0.15, 0.2) is 0 Å². The van der Waals surface area contributed by atoms with Crippen LogP contribution in [0.4, 0.5) is 13.2 Å². The van der Waals surface area contributed by atoms with Crippen LogP contribution in [0.5, 0.6) is 0 Å². The number of rotatable bonds is 9. The van der Waals surface area contributed by atoms with E-state index in [1.165, 1.54) is 0 Å². The maximum absolute atomic E-state index is 11.9. The van der Waals surface area contributed by atoms with Crippen LogP contribution in [0.15, 0.2) is 0 Å². The van der Waals surface area contributed by atoms with Crippen LogP contribution >= 0.6 is 0 Å². The molecule has 0 spiro atoms. The van der Waals surface area contributed by atoms with Gasteiger partial charge in [0.1, 0.15) is 0 Å². The van der Waals surface area contributed by atoms with E-state index in [1.807, 2.05) is 6.92 Å². The summed E-state index contributed by atoms with van der Waals surface area (Å²) in [7, 11) is -10.8. The molecular weight excluding hydrogens is 348 g/mol. The summed E-state index contributed by atoms with van der Waals surface area (Å²) >= 11 is 0. The zero-order chi connectivity index (χ0) is 15.2. The number of unbranched alkanes of at least 4 members (excludes halogenated alkanes) is 5. The van der Waals surface area contributed by atoms with Crippen molar-refractivity contribution in [2.45, 2.75) is 51.0 Å². The third kappa shape index (κ3) is 10.1. The first-order valence-electron chi connectivity index (χ1n) is 5.77. The average molecular weight is 366 g/mol. The molecule has 20 heavy (non-hydrogen) atoms. The molecule has 0 amide bonds. The van der Waals surface area contributed by atoms with Gasteiger partial charge < -0.3 is 0 Å². The Morgan fingerprint density at radius 1 is 0.900 bits per heavy atom. The van der Waals surface area contributed by atoms with Crippen molar-refractivity contribution in [3.63, 3.8) is 0 Å². The molecule has 0 aliphatic carbocycles. The summed E-state index contributed by atoms with van der Waals surface area (Å²) in [5.41, 5.74) is -5.73. The van der Waals surface area contributed by atoms with Crippen molar-refractivity contribution in [1.82, 2.24) is 0 Å². The summed E-state index contributed by atoms with van der Waals surface area (Å²) in [5, 5.41) is 0. The van der Waals surface area contributed by atoms with E-state index in [1.54, 1.807) is 0 Å². The van der Waals surface area contributed by atoms with Gasteiger partial charge in [-0.2, -0.15) is 30.0 Å². The molecule has 0 aromatic rings. The molecule has 0 heterocycles. The second kappa shape index (κ2) is 10.1. The Labute approximate surface area is 160 Å². The summed E-state index contributed by atoms with van der Waals surface area (Å²) in [4.78, 5) is 0. The molecule has 0 saturated carbocycles. The van der Waals surface area contributed by atoms with Crippen LogP contribution in [-0.2, 0) is 23.9 Å². The molecule has 0 fully saturated rings. The van der Waals surface area contributed by atoms with Gasteiger partial charge in [0.25, 0.3) is 10.1 Å². The number of hydrogen-bond acceptors (Lipinski definition) is 5. The molecule has 0 unspecified atom stereocenters. The van der Waals surface area contributed by atoms with Crippen molar-refractivity contribution in [2.75, 3.05) is 5.75 Å². The first kappa shape index (κ1) is 23.6. The normalized spacial score (nSPS) is 13.0. The fourth-order valence-electron chi connectivity index (χ4n) is 1.27. The Morgan fingerprint density at radius 2 is 1.35 bits per heavy atom. The van der Waals surface area contributed by atoms with Crippen LogP contribution in [-0.4, -0.2) is 79.5 Å². The SMILES string of the molecule is CCCCCCCCS(=O)(=O)OS(=O)(=O)C(F)(F)F.[KH]. The molecule has 0 saturated heterocycles. The summed E-state index contributed by atoms with van der Waals surface area (Å²) in [6.45, 7) is 2.00. The molecule has 0 rings (SSSR count). The fraction of sp³-hybridized carbons (Fsp3) is 1.00. The predicted molar refractivity (Wildman–Crippen MR) is 70.4 cm³/mol. The first-order chi connectivity index (χ1) is 8.52. The molecular formula is C9H18F3KO5S2. The zero-order valence-electron chi connectivity index (χ0n) is 10.4. The van der Waals surface area contributed by atoms with Gasteiger partial charge in [-0.15, -0.1) is 3.63 Å². The average Bonchev–Trinajstić information content (AvgIpc) is 2.20. The van der Waals surface area contributed by atoms with Gasteiger partial charge >= 0.3 is 67.0 Å². The van der Waals surface area contributed by atoms with Crippen molar-refractivity contribution in [3.8, 4) is 0 Å². The van der Waals surface area contributed by atoms with Gasteiger partial charge in [0.05, 0.1) is 5.75 Å². The predicted octanol–water partition coefficient (Wildman–Crippen LogP) is 1.89. The molecule has 0 aliphatic rings. The van der Waals surface area contributed by atoms with Crippen molar-refractivity contribution in [2.24, 2.45) is 0 Å². The van der Waals surface area contributed by atoms with E-state index in [9.17, 15) is 30.0 Å². The molecule has 11 heteroatoms. The Bertz CT molecular complexity index is 458. The first-order valence-corrected chi connectivity index (χ1v) is 8.75. The van der Waals surface area contributed by atoms with Crippen LogP contribution in [0.25, 0.3) is 0 Å². The Morgan fingerprint density at radius 3 is 1.80 bits per heavy atom. The fourth-order valence-corrected chi connectivity index (χ4v) is 3.50. The van der Waals surface area contributed by atoms with E-state index in [0.29, 0.717) is 6.42 Å². The van der Waals surface area contributed by atoms with Crippen LogP contribution in [0.3, 0.4) is 0 Å². The van der Waals surface area contributed by atoms with Crippen LogP contribution in [0.2, 0.25) is 0 Å². The number of alkyl halides is 3. The minimum atomic E-state index is -6.09. The standard InChI is InChI=1S/C9H17F3O5S2.K.H/c1-2-3-4-5-6-7-8-18(13,14)17-19(15,16)9(10,11)12;;/h2-8H2,1H3;;. The molecule has 118 valence electrons. The molecule has 0 aromatic carbocycles. The van der Waals surface area contributed by atoms with Crippen molar-refractivity contribution >= 4 is 71.6 Å². The van der Waals surface area contributed by atoms with Gasteiger partial charge in [0.2, 0.25) is 0 Å². The topological polar surface area (TPSA) is 77.5 Å². The monoisotopic (exact) mass is 366 g/mol. The molecule has 0 bridgehead atoms. The second-order valence-corrected chi connectivity index (χ2v) is 7.44. The van der Waals surface area contributed by atoms with Gasteiger partial charge in [-0.25, -0.2) is 0 Å². The van der Waals surface area contributed by atoms with E-state index >= 15 is 0 Å². The van der Waals surface area contributed by atoms with E-state index in [0.717, 1.165) is 25.7 Å². The van der Waals surface area contributed by atoms with Gasteiger partial charge in [-0.1, -0.05) is 39.0 Å². The Hall–Kier alpha value is 1.29. The Balaban J connectivity index is 0. The third-order valence-corrected chi connectivity index (χ3v) is 5.13. The quantitative estimate of drug-likeness (QED) is 0.354. The van der Waals surface area contributed by atoms with E-state index < -0.39 is 31.5 Å². The van der Waals surface area contributed by atoms with Crippen molar-refractivity contribution in [3.05, 3.63) is 0 Å². The summed E-state index contributed by atoms with van der Waals surface area (Å²) < 4.78 is 82.2. The zero-order valence-corrected chi connectivity index (χ0v) is 12.1. The number of hydrogen-bond donors (Lipinski definition) is 0. The number of halogens is 3. The van der Waals surface area contributed by atoms with Gasteiger partial charge in [-0.05, 0) is 6.42 Å². The van der Waals surface area contributed by atoms with E-state index in [-0.39, 0.29) is 57.8 Å². The molecule has 0 aliphatic heterocycles. The molecule has 0 aromatic heterocycles. The Kier molecular flexibility index (Phi) is 11.9. The van der Waals surface area contributed by atoms with Crippen molar-refractivity contribution < 1.29 is 33.6 Å². The van der Waals surface area contributed by atoms with Gasteiger partial charge in [0, 0.05) is 0 Å². The summed E-state index contributed by atoms with van der Waals surface area (Å²) in [5.74, 6) is -0.742. The second-order valence-electron chi connectivity index (χ2n) is 4.00. The van der Waals surface area contributed by atoms with Crippen LogP contribution in [0, 0.1) is 0 Å². The van der Waals surface area contributed by atoms with Crippen LogP contribution in [0.1, 0.15) is 45.4 Å². The molecule has 0 N–H and O–H groups in total. The third-order valence-electron chi connectivity index (χ3n) is 2.22. The van der Waals surface area contributed by atoms with E-state index in [2.05, 4.69) is 3.63 Å². The molecule has 0 radical (unpaired) electrons. The minimum absolute atomic E-state index is 0. The van der Waals surface area contributed by atoms with Crippen molar-refractivity contribution in [1.29, 1.82) is 0 Å². The van der Waals surface area contributed by atoms with E-state index in [4.69, 9.17) is 0 Å². The summed E-state index contributed by atoms with van der Waals surface area (Å²) in [6, 6.07) is 0. The summed E-state index contributed by atoms with van der Waals surface area (Å²) in [6.07, 6.45) is 4.21. The van der Waals surface area contributed by atoms with Gasteiger partial charge in [-0.3, -0.25) is 0 Å². The molecule has 5 nitrogen and oxygen atoms in total. The maximum atomic E-state index is 11.9. The van der Waals surface area contributed by atoms with Crippen LogP contribution < -0.4 is 0 Å². The molecule has 0 atom stereocenters.